The number of carbonyl (C=O) groups excluding carboxylic acids is 3. The summed E-state index contributed by atoms with van der Waals surface area (Å²) in [5.74, 6) is 0.524. The Morgan fingerprint density at radius 3 is 2.27 bits per heavy atom. The minimum absolute atomic E-state index is 0.0308. The summed E-state index contributed by atoms with van der Waals surface area (Å²) in [5, 5.41) is 2.76. The minimum atomic E-state index is -0.360. The van der Waals surface area contributed by atoms with Gasteiger partial charge in [0.1, 0.15) is 5.78 Å². The van der Waals surface area contributed by atoms with Crippen LogP contribution in [-0.2, 0) is 19.1 Å². The Morgan fingerprint density at radius 1 is 1.00 bits per heavy atom. The topological polar surface area (TPSA) is 98.5 Å². The lowest BCUT2D eigenvalue weighted by atomic mass is 9.85. The molecular weight excluding hydrogens is 332 g/mol. The Hall–Kier alpha value is -1.43. The zero-order valence-electron chi connectivity index (χ0n) is 16.7. The van der Waals surface area contributed by atoms with E-state index in [0.29, 0.717) is 37.7 Å². The Balaban J connectivity index is 0.000000531. The van der Waals surface area contributed by atoms with E-state index in [1.807, 2.05) is 6.92 Å². The highest BCUT2D eigenvalue weighted by atomic mass is 16.5. The van der Waals surface area contributed by atoms with E-state index in [0.717, 1.165) is 38.7 Å². The molecule has 2 amide bonds. The van der Waals surface area contributed by atoms with Crippen LogP contribution in [0.15, 0.2) is 0 Å². The van der Waals surface area contributed by atoms with E-state index in [4.69, 9.17) is 10.5 Å². The summed E-state index contributed by atoms with van der Waals surface area (Å²) in [4.78, 5) is 32.8. The summed E-state index contributed by atoms with van der Waals surface area (Å²) in [5.41, 5.74) is 4.96. The van der Waals surface area contributed by atoms with Crippen molar-refractivity contribution >= 4 is 17.6 Å². The van der Waals surface area contributed by atoms with Gasteiger partial charge in [0.15, 0.2) is 0 Å². The van der Waals surface area contributed by atoms with Crippen molar-refractivity contribution in [1.82, 2.24) is 5.32 Å². The molecule has 3 N–H and O–H groups in total. The third-order valence-corrected chi connectivity index (χ3v) is 4.37. The van der Waals surface area contributed by atoms with Crippen LogP contribution in [0.3, 0.4) is 0 Å². The van der Waals surface area contributed by atoms with Crippen LogP contribution >= 0.6 is 0 Å². The summed E-state index contributed by atoms with van der Waals surface area (Å²) in [6, 6.07) is 0. The number of hydrogen-bond acceptors (Lipinski definition) is 4. The Kier molecular flexibility index (Phi) is 16.1. The highest BCUT2D eigenvalue weighted by Gasteiger charge is 2.18. The minimum Gasteiger partial charge on any atom is -0.381 e. The van der Waals surface area contributed by atoms with Crippen molar-refractivity contribution in [2.24, 2.45) is 11.7 Å². The molecule has 6 nitrogen and oxygen atoms in total. The molecule has 26 heavy (non-hydrogen) atoms. The average Bonchev–Trinajstić information content (AvgIpc) is 2.65. The lowest BCUT2D eigenvalue weighted by Gasteiger charge is -2.19. The molecule has 0 bridgehead atoms. The number of amides is 2. The second-order valence-electron chi connectivity index (χ2n) is 6.79. The van der Waals surface area contributed by atoms with Crippen LogP contribution in [0.25, 0.3) is 0 Å². The average molecular weight is 371 g/mol. The molecule has 1 fully saturated rings. The van der Waals surface area contributed by atoms with Crippen molar-refractivity contribution in [3.05, 3.63) is 0 Å². The number of hydrogen-bond donors (Lipinski definition) is 2. The fraction of sp³-hybridized carbons (Fsp3) is 0.850. The predicted molar refractivity (Wildman–Crippen MR) is 104 cm³/mol. The van der Waals surface area contributed by atoms with Gasteiger partial charge >= 0.3 is 0 Å². The van der Waals surface area contributed by atoms with Crippen LogP contribution in [0, 0.1) is 5.92 Å². The number of nitrogens with two attached hydrogens (primary N) is 1. The first-order chi connectivity index (χ1) is 12.5. The van der Waals surface area contributed by atoms with Crippen molar-refractivity contribution in [1.29, 1.82) is 0 Å². The lowest BCUT2D eigenvalue weighted by molar-refractivity contribution is -0.123. The normalized spacial score (nSPS) is 14.2. The molecule has 0 aromatic rings. The van der Waals surface area contributed by atoms with Gasteiger partial charge in [-0.2, -0.15) is 0 Å². The van der Waals surface area contributed by atoms with Gasteiger partial charge in [0.05, 0.1) is 0 Å². The third-order valence-electron chi connectivity index (χ3n) is 4.37. The van der Waals surface area contributed by atoms with Gasteiger partial charge in [0.2, 0.25) is 11.8 Å². The zero-order valence-corrected chi connectivity index (χ0v) is 16.7. The number of nitrogens with one attached hydrogen (secondary N) is 1. The van der Waals surface area contributed by atoms with Gasteiger partial charge in [0, 0.05) is 44.9 Å². The number of ketones is 1. The van der Waals surface area contributed by atoms with E-state index < -0.39 is 0 Å². The molecule has 0 radical (unpaired) electrons. The maximum atomic E-state index is 11.2. The molecule has 0 aromatic carbocycles. The van der Waals surface area contributed by atoms with Crippen molar-refractivity contribution in [3.63, 3.8) is 0 Å². The molecule has 1 aliphatic rings. The Bertz CT molecular complexity index is 393. The van der Waals surface area contributed by atoms with Crippen LogP contribution in [0.1, 0.15) is 84.5 Å². The second kappa shape index (κ2) is 17.0. The first kappa shape index (κ1) is 24.6. The molecule has 152 valence electrons. The smallest absolute Gasteiger partial charge is 0.220 e. The number of ether oxygens (including phenoxy) is 1. The van der Waals surface area contributed by atoms with Gasteiger partial charge < -0.3 is 15.8 Å². The van der Waals surface area contributed by atoms with Crippen molar-refractivity contribution in [2.45, 2.75) is 84.5 Å². The molecule has 1 saturated carbocycles. The number of primary amides is 1. The first-order valence-corrected chi connectivity index (χ1v) is 10.2. The third kappa shape index (κ3) is 14.9. The fourth-order valence-corrected chi connectivity index (χ4v) is 2.87. The van der Waals surface area contributed by atoms with Crippen LogP contribution < -0.4 is 11.1 Å². The molecule has 0 saturated heterocycles. The van der Waals surface area contributed by atoms with Crippen molar-refractivity contribution in [2.75, 3.05) is 19.8 Å². The van der Waals surface area contributed by atoms with Gasteiger partial charge in [-0.05, 0) is 32.1 Å². The van der Waals surface area contributed by atoms with Crippen molar-refractivity contribution < 1.29 is 19.1 Å². The molecule has 0 heterocycles. The predicted octanol–water partition coefficient (Wildman–Crippen LogP) is 3.12. The second-order valence-corrected chi connectivity index (χ2v) is 6.79. The van der Waals surface area contributed by atoms with Crippen LogP contribution in [0.4, 0.5) is 0 Å². The monoisotopic (exact) mass is 370 g/mol. The summed E-state index contributed by atoms with van der Waals surface area (Å²) < 4.78 is 5.26. The highest BCUT2D eigenvalue weighted by Crippen LogP contribution is 2.24. The van der Waals surface area contributed by atoms with E-state index in [1.165, 1.54) is 19.3 Å². The summed E-state index contributed by atoms with van der Waals surface area (Å²) in [7, 11) is 0. The SMILES string of the molecule is CCC(=O)C1CCCCC1.CCCOCCCNC(=O)CCCC(N)=O. The molecule has 0 aromatic heterocycles. The van der Waals surface area contributed by atoms with E-state index in [2.05, 4.69) is 12.2 Å². The van der Waals surface area contributed by atoms with Gasteiger partial charge in [-0.1, -0.05) is 33.1 Å². The molecule has 1 rings (SSSR count). The van der Waals surface area contributed by atoms with E-state index in [-0.39, 0.29) is 18.2 Å². The quantitative estimate of drug-likeness (QED) is 0.516. The summed E-state index contributed by atoms with van der Waals surface area (Å²) in [6.07, 6.45) is 9.94. The number of Topliss-reactive ketones (excluding diaryl/α,β-unsaturated/α-hetero) is 1. The zero-order chi connectivity index (χ0) is 19.6. The summed E-state index contributed by atoms with van der Waals surface area (Å²) in [6.45, 7) is 6.10. The molecule has 0 atom stereocenters. The first-order valence-electron chi connectivity index (χ1n) is 10.2. The highest BCUT2D eigenvalue weighted by molar-refractivity contribution is 5.80. The maximum Gasteiger partial charge on any atom is 0.220 e. The van der Waals surface area contributed by atoms with E-state index >= 15 is 0 Å². The van der Waals surface area contributed by atoms with Gasteiger partial charge in [-0.25, -0.2) is 0 Å². The lowest BCUT2D eigenvalue weighted by Crippen LogP contribution is -2.25. The largest absolute Gasteiger partial charge is 0.381 e. The van der Waals surface area contributed by atoms with E-state index in [1.54, 1.807) is 0 Å². The van der Waals surface area contributed by atoms with Gasteiger partial charge in [-0.3, -0.25) is 14.4 Å². The summed E-state index contributed by atoms with van der Waals surface area (Å²) >= 11 is 0. The number of rotatable bonds is 12. The fourth-order valence-electron chi connectivity index (χ4n) is 2.87. The molecule has 0 unspecified atom stereocenters. The Labute approximate surface area is 158 Å². The van der Waals surface area contributed by atoms with Gasteiger partial charge in [-0.15, -0.1) is 0 Å². The van der Waals surface area contributed by atoms with Gasteiger partial charge in [0.25, 0.3) is 0 Å². The van der Waals surface area contributed by atoms with Crippen molar-refractivity contribution in [3.8, 4) is 0 Å². The number of carbonyl (C=O) groups is 3. The van der Waals surface area contributed by atoms with E-state index in [9.17, 15) is 14.4 Å². The van der Waals surface area contributed by atoms with Crippen LogP contribution in [0.2, 0.25) is 0 Å². The van der Waals surface area contributed by atoms with Crippen LogP contribution in [0.5, 0.6) is 0 Å². The standard InChI is InChI=1S/C11H22N2O3.C9H16O/c1-2-8-16-9-4-7-13-11(15)6-3-5-10(12)14;1-2-9(10)8-6-4-3-5-7-8/h2-9H2,1H3,(H2,12,14)(H,13,15);8H,2-7H2,1H3. The molecule has 1 aliphatic carbocycles. The Morgan fingerprint density at radius 2 is 1.69 bits per heavy atom. The van der Waals surface area contributed by atoms with Crippen LogP contribution in [-0.4, -0.2) is 37.4 Å². The molecule has 6 heteroatoms. The molecule has 0 aliphatic heterocycles. The molecular formula is C20H38N2O4. The maximum absolute atomic E-state index is 11.2. The molecule has 0 spiro atoms.